The number of likely N-dealkylation sites (tertiary alicyclic amines) is 1. The Hall–Kier alpha value is -2.13. The predicted molar refractivity (Wildman–Crippen MR) is 79.4 cm³/mol. The summed E-state index contributed by atoms with van der Waals surface area (Å²) in [7, 11) is 0. The zero-order valence-electron chi connectivity index (χ0n) is 13.1. The maximum Gasteiger partial charge on any atom is 0.412 e. The monoisotopic (exact) mass is 303 g/mol. The number of carbonyl (C=O) groups is 1. The quantitative estimate of drug-likeness (QED) is 0.861. The van der Waals surface area contributed by atoms with Gasteiger partial charge in [-0.15, -0.1) is 0 Å². The molecule has 0 radical (unpaired) electrons. The molecule has 1 aliphatic rings. The fourth-order valence-electron chi connectivity index (χ4n) is 2.54. The van der Waals surface area contributed by atoms with Gasteiger partial charge >= 0.3 is 6.09 Å². The van der Waals surface area contributed by atoms with Crippen LogP contribution in [0, 0.1) is 17.2 Å². The molecule has 0 aromatic carbocycles. The highest BCUT2D eigenvalue weighted by Crippen LogP contribution is 2.37. The first kappa shape index (κ1) is 16.2. The molecule has 2 rings (SSSR count). The van der Waals surface area contributed by atoms with E-state index in [1.807, 2.05) is 0 Å². The van der Waals surface area contributed by atoms with E-state index in [2.05, 4.69) is 11.1 Å². The average Bonchev–Trinajstić information content (AvgIpc) is 2.46. The van der Waals surface area contributed by atoms with Crippen LogP contribution in [0.25, 0.3) is 0 Å². The van der Waals surface area contributed by atoms with Crippen molar-refractivity contribution in [2.75, 3.05) is 6.54 Å². The molecule has 2 atom stereocenters. The molecule has 1 saturated heterocycles. The second kappa shape index (κ2) is 5.93. The molecule has 1 aromatic rings. The molecule has 0 aliphatic carbocycles. The van der Waals surface area contributed by atoms with Crippen molar-refractivity contribution in [3.05, 3.63) is 30.1 Å². The van der Waals surface area contributed by atoms with Crippen LogP contribution in [0.15, 0.2) is 24.4 Å². The Morgan fingerprint density at radius 2 is 2.27 bits per heavy atom. The van der Waals surface area contributed by atoms with Gasteiger partial charge in [-0.2, -0.15) is 5.26 Å². The number of hydrogen-bond acceptors (Lipinski definition) is 5. The number of piperidine rings is 1. The van der Waals surface area contributed by atoms with E-state index >= 15 is 0 Å². The van der Waals surface area contributed by atoms with E-state index in [-0.39, 0.29) is 18.9 Å². The number of ether oxygens (including phenoxy) is 1. The summed E-state index contributed by atoms with van der Waals surface area (Å²) in [5, 5.41) is 20.2. The Bertz CT molecular complexity index is 577. The van der Waals surface area contributed by atoms with E-state index in [9.17, 15) is 9.90 Å². The number of carbonyl (C=O) groups excluding carboxylic acids is 1. The normalized spacial score (nSPS) is 25.4. The van der Waals surface area contributed by atoms with E-state index in [4.69, 9.17) is 10.00 Å². The Labute approximate surface area is 130 Å². The highest BCUT2D eigenvalue weighted by atomic mass is 16.6. The van der Waals surface area contributed by atoms with Crippen LogP contribution < -0.4 is 0 Å². The van der Waals surface area contributed by atoms with Crippen molar-refractivity contribution >= 4 is 6.09 Å². The maximum atomic E-state index is 12.4. The summed E-state index contributed by atoms with van der Waals surface area (Å²) < 4.78 is 5.38. The van der Waals surface area contributed by atoms with Gasteiger partial charge in [-0.1, -0.05) is 6.07 Å². The lowest BCUT2D eigenvalue weighted by Gasteiger charge is -2.44. The van der Waals surface area contributed by atoms with Gasteiger partial charge in [0, 0.05) is 19.2 Å². The second-order valence-electron chi connectivity index (χ2n) is 6.48. The number of nitriles is 1. The Morgan fingerprint density at radius 3 is 2.82 bits per heavy atom. The van der Waals surface area contributed by atoms with Crippen molar-refractivity contribution in [3.8, 4) is 6.07 Å². The smallest absolute Gasteiger partial charge is 0.412 e. The van der Waals surface area contributed by atoms with Crippen LogP contribution in [0.2, 0.25) is 0 Å². The molecular formula is C16H21N3O3. The lowest BCUT2D eigenvalue weighted by molar-refractivity contribution is -0.143. The minimum Gasteiger partial charge on any atom is -0.444 e. The van der Waals surface area contributed by atoms with Crippen molar-refractivity contribution in [3.63, 3.8) is 0 Å². The van der Waals surface area contributed by atoms with Gasteiger partial charge in [0.1, 0.15) is 5.60 Å². The topological polar surface area (TPSA) is 86.5 Å². The summed E-state index contributed by atoms with van der Waals surface area (Å²) >= 11 is 0. The minimum atomic E-state index is -1.62. The maximum absolute atomic E-state index is 12.4. The Kier molecular flexibility index (Phi) is 4.38. The van der Waals surface area contributed by atoms with Crippen LogP contribution in [0.5, 0.6) is 0 Å². The van der Waals surface area contributed by atoms with Crippen molar-refractivity contribution in [1.82, 2.24) is 9.88 Å². The van der Waals surface area contributed by atoms with Crippen molar-refractivity contribution in [2.24, 2.45) is 5.92 Å². The molecule has 6 heteroatoms. The van der Waals surface area contributed by atoms with Gasteiger partial charge in [-0.05, 0) is 39.3 Å². The van der Waals surface area contributed by atoms with Crippen molar-refractivity contribution in [1.29, 1.82) is 5.26 Å². The molecule has 1 aliphatic heterocycles. The summed E-state index contributed by atoms with van der Waals surface area (Å²) in [4.78, 5) is 17.9. The third-order valence-electron chi connectivity index (χ3n) is 3.55. The molecule has 0 bridgehead atoms. The highest BCUT2D eigenvalue weighted by Gasteiger charge is 2.47. The van der Waals surface area contributed by atoms with Crippen LogP contribution in [0.4, 0.5) is 4.79 Å². The lowest BCUT2D eigenvalue weighted by atomic mass is 9.87. The van der Waals surface area contributed by atoms with E-state index in [0.717, 1.165) is 0 Å². The second-order valence-corrected chi connectivity index (χ2v) is 6.48. The summed E-state index contributed by atoms with van der Waals surface area (Å²) in [6.45, 7) is 5.56. The molecule has 1 fully saturated rings. The minimum absolute atomic E-state index is 0.125. The molecule has 1 amide bonds. The fourth-order valence-corrected chi connectivity index (χ4v) is 2.54. The molecule has 0 spiro atoms. The van der Waals surface area contributed by atoms with Crippen LogP contribution in [0.1, 0.15) is 39.3 Å². The number of nitrogens with zero attached hydrogens (tertiary/aromatic N) is 3. The van der Waals surface area contributed by atoms with E-state index in [1.165, 1.54) is 4.90 Å². The third kappa shape index (κ3) is 3.37. The molecule has 22 heavy (non-hydrogen) atoms. The summed E-state index contributed by atoms with van der Waals surface area (Å²) in [5.74, 6) is -0.328. The van der Waals surface area contributed by atoms with Gasteiger partial charge in [0.05, 0.1) is 17.7 Å². The number of pyridine rings is 1. The largest absolute Gasteiger partial charge is 0.444 e. The van der Waals surface area contributed by atoms with Gasteiger partial charge in [0.2, 0.25) is 0 Å². The average molecular weight is 303 g/mol. The van der Waals surface area contributed by atoms with Gasteiger partial charge in [0.15, 0.2) is 5.72 Å². The van der Waals surface area contributed by atoms with Gasteiger partial charge in [-0.3, -0.25) is 9.88 Å². The zero-order chi connectivity index (χ0) is 16.4. The number of amides is 1. The molecule has 118 valence electrons. The standard InChI is InChI=1S/C16H21N3O3/c1-15(2,3)22-14(20)19-9-7-12(11-17)10-16(19,21)13-6-4-5-8-18-13/h4-6,8,12,21H,7,9-10H2,1-3H3. The van der Waals surface area contributed by atoms with Gasteiger partial charge < -0.3 is 9.84 Å². The summed E-state index contributed by atoms with van der Waals surface area (Å²) in [6.07, 6.45) is 1.58. The SMILES string of the molecule is CC(C)(C)OC(=O)N1CCC(C#N)CC1(O)c1ccccn1. The van der Waals surface area contributed by atoms with Crippen molar-refractivity contribution < 1.29 is 14.6 Å². The van der Waals surface area contributed by atoms with Crippen molar-refractivity contribution in [2.45, 2.75) is 44.9 Å². The predicted octanol–water partition coefficient (Wildman–Crippen LogP) is 2.40. The number of hydrogen-bond donors (Lipinski definition) is 1. The number of rotatable bonds is 1. The first-order valence-electron chi connectivity index (χ1n) is 7.30. The number of aromatic nitrogens is 1. The zero-order valence-corrected chi connectivity index (χ0v) is 13.1. The third-order valence-corrected chi connectivity index (χ3v) is 3.55. The Morgan fingerprint density at radius 1 is 1.55 bits per heavy atom. The van der Waals surface area contributed by atoms with Gasteiger partial charge in [-0.25, -0.2) is 4.79 Å². The van der Waals surface area contributed by atoms with Crippen LogP contribution >= 0.6 is 0 Å². The number of aliphatic hydroxyl groups is 1. The first-order chi connectivity index (χ1) is 10.3. The van der Waals surface area contributed by atoms with E-state index in [1.54, 1.807) is 45.2 Å². The summed E-state index contributed by atoms with van der Waals surface area (Å²) in [6, 6.07) is 7.29. The van der Waals surface area contributed by atoms with Crippen LogP contribution in [-0.2, 0) is 10.5 Å². The molecule has 2 unspecified atom stereocenters. The first-order valence-corrected chi connectivity index (χ1v) is 7.30. The van der Waals surface area contributed by atoms with Gasteiger partial charge in [0.25, 0.3) is 0 Å². The molecule has 6 nitrogen and oxygen atoms in total. The molecule has 1 aromatic heterocycles. The fraction of sp³-hybridized carbons (Fsp3) is 0.562. The van der Waals surface area contributed by atoms with Crippen LogP contribution in [-0.4, -0.2) is 33.2 Å². The molecule has 2 heterocycles. The molecule has 0 saturated carbocycles. The molecular weight excluding hydrogens is 282 g/mol. The highest BCUT2D eigenvalue weighted by molar-refractivity contribution is 5.69. The van der Waals surface area contributed by atoms with Crippen LogP contribution in [0.3, 0.4) is 0 Å². The summed E-state index contributed by atoms with van der Waals surface area (Å²) in [5.41, 5.74) is -1.93. The molecule has 1 N–H and O–H groups in total. The Balaban J connectivity index is 2.35. The lowest BCUT2D eigenvalue weighted by Crippen LogP contribution is -2.55. The van der Waals surface area contributed by atoms with E-state index < -0.39 is 17.4 Å². The van der Waals surface area contributed by atoms with E-state index in [0.29, 0.717) is 12.1 Å².